The molecular formula is C8H2N4Na2O2. The molecule has 68 valence electrons. The van der Waals surface area contributed by atoms with Crippen molar-refractivity contribution >= 4 is 65.0 Å². The summed E-state index contributed by atoms with van der Waals surface area (Å²) in [6, 6.07) is 4.54. The number of nitrogens with zero attached hydrogens (tertiary/aromatic N) is 3. The molecule has 0 spiro atoms. The minimum Gasteiger partial charge on any atom is -0.502 e. The first-order valence-corrected chi connectivity index (χ1v) is 3.35. The third-order valence-electron chi connectivity index (χ3n) is 1.53. The van der Waals surface area contributed by atoms with Gasteiger partial charge in [-0.15, -0.1) is 0 Å². The molecule has 1 rings (SSSR count). The molecule has 1 heterocycles. The van der Waals surface area contributed by atoms with Gasteiger partial charge in [0.15, 0.2) is 5.57 Å². The molecule has 8 heteroatoms. The van der Waals surface area contributed by atoms with Gasteiger partial charge in [-0.1, -0.05) is 0 Å². The Morgan fingerprint density at radius 2 is 1.69 bits per heavy atom. The summed E-state index contributed by atoms with van der Waals surface area (Å²) in [6.07, 6.45) is 0. The van der Waals surface area contributed by atoms with Crippen LogP contribution in [0.25, 0.3) is 0 Å². The van der Waals surface area contributed by atoms with E-state index in [0.717, 1.165) is 0 Å². The second-order valence-corrected chi connectivity index (χ2v) is 2.26. The number of nitrogens with one attached hydrogen (secondary N) is 1. The van der Waals surface area contributed by atoms with Gasteiger partial charge in [0.2, 0.25) is 5.76 Å². The summed E-state index contributed by atoms with van der Waals surface area (Å²) in [7, 11) is 0. The smallest absolute Gasteiger partial charge is 0.292 e. The zero-order valence-corrected chi connectivity index (χ0v) is 12.7. The minimum atomic E-state index is -0.889. The fourth-order valence-corrected chi connectivity index (χ4v) is 0.900. The van der Waals surface area contributed by atoms with Crippen molar-refractivity contribution in [3.63, 3.8) is 0 Å². The second kappa shape index (κ2) is 7.49. The summed E-state index contributed by atoms with van der Waals surface area (Å²) < 4.78 is 0. The van der Waals surface area contributed by atoms with Crippen LogP contribution in [-0.4, -0.2) is 70.1 Å². The van der Waals surface area contributed by atoms with Crippen molar-refractivity contribution in [3.05, 3.63) is 22.6 Å². The Morgan fingerprint density at radius 3 is 2.06 bits per heavy atom. The molecule has 16 heavy (non-hydrogen) atoms. The molecule has 0 aromatic carbocycles. The van der Waals surface area contributed by atoms with Gasteiger partial charge in [0.1, 0.15) is 23.8 Å². The standard InChI is InChI=1S/C8H2N4O2.2Na/c9-1-4(2-10)6-5(3-11)7(13)8(14)12-6;;/h13H,(H,12,14);;. The summed E-state index contributed by atoms with van der Waals surface area (Å²) in [4.78, 5) is 10.9. The Labute approximate surface area is 135 Å². The number of carbonyl (C=O) groups is 1. The number of hydrogen-bond donors (Lipinski definition) is 2. The largest absolute Gasteiger partial charge is 0.502 e. The Kier molecular flexibility index (Phi) is 8.24. The van der Waals surface area contributed by atoms with E-state index in [1.807, 2.05) is 0 Å². The Bertz CT molecular complexity index is 486. The van der Waals surface area contributed by atoms with E-state index in [4.69, 9.17) is 20.9 Å². The molecular weight excluding hydrogens is 230 g/mol. The van der Waals surface area contributed by atoms with E-state index in [0.29, 0.717) is 0 Å². The molecule has 6 nitrogen and oxygen atoms in total. The molecule has 2 N–H and O–H groups in total. The first kappa shape index (κ1) is 17.6. The topological polar surface area (TPSA) is 121 Å². The van der Waals surface area contributed by atoms with Gasteiger partial charge in [-0.05, 0) is 0 Å². The van der Waals surface area contributed by atoms with E-state index in [-0.39, 0.29) is 70.4 Å². The SMILES string of the molecule is N#CC(C#N)=C1NC(=O)C(O)=C1C#N.[Na].[Na]. The van der Waals surface area contributed by atoms with Crippen LogP contribution in [0.3, 0.4) is 0 Å². The van der Waals surface area contributed by atoms with Crippen molar-refractivity contribution in [2.24, 2.45) is 0 Å². The van der Waals surface area contributed by atoms with Crippen LogP contribution in [0.1, 0.15) is 0 Å². The maximum absolute atomic E-state index is 10.9. The zero-order chi connectivity index (χ0) is 10.7. The van der Waals surface area contributed by atoms with Crippen molar-refractivity contribution in [3.8, 4) is 18.2 Å². The molecule has 0 saturated heterocycles. The number of nitriles is 3. The maximum Gasteiger partial charge on any atom is 0.292 e. The van der Waals surface area contributed by atoms with E-state index in [1.54, 1.807) is 0 Å². The van der Waals surface area contributed by atoms with Gasteiger partial charge < -0.3 is 10.4 Å². The number of hydrogen-bond acceptors (Lipinski definition) is 5. The van der Waals surface area contributed by atoms with Crippen LogP contribution in [0.4, 0.5) is 0 Å². The first-order valence-electron chi connectivity index (χ1n) is 3.35. The Hall–Kier alpha value is -0.780. The van der Waals surface area contributed by atoms with Crippen LogP contribution < -0.4 is 5.32 Å². The van der Waals surface area contributed by atoms with Gasteiger partial charge in [0.25, 0.3) is 5.91 Å². The third-order valence-corrected chi connectivity index (χ3v) is 1.53. The predicted molar refractivity (Wildman–Crippen MR) is 53.2 cm³/mol. The fraction of sp³-hybridized carbons (Fsp3) is 0. The monoisotopic (exact) mass is 232 g/mol. The van der Waals surface area contributed by atoms with E-state index in [2.05, 4.69) is 5.32 Å². The molecule has 0 aliphatic carbocycles. The van der Waals surface area contributed by atoms with Gasteiger partial charge in [-0.3, -0.25) is 4.79 Å². The summed E-state index contributed by atoms with van der Waals surface area (Å²) >= 11 is 0. The van der Waals surface area contributed by atoms with Gasteiger partial charge in [-0.25, -0.2) is 0 Å². The normalized spacial score (nSPS) is 12.3. The molecule has 0 aromatic rings. The Balaban J connectivity index is 0. The average Bonchev–Trinajstić information content (AvgIpc) is 2.45. The predicted octanol–water partition coefficient (Wildman–Crippen LogP) is -1.01. The van der Waals surface area contributed by atoms with Crippen LogP contribution in [0.15, 0.2) is 22.6 Å². The molecule has 1 aliphatic rings. The number of amides is 1. The molecule has 1 amide bonds. The molecule has 0 saturated carbocycles. The van der Waals surface area contributed by atoms with Crippen molar-refractivity contribution in [1.82, 2.24) is 5.32 Å². The van der Waals surface area contributed by atoms with Crippen molar-refractivity contribution in [1.29, 1.82) is 15.8 Å². The number of carbonyl (C=O) groups excluding carboxylic acids is 1. The summed E-state index contributed by atoms with van der Waals surface area (Å²) in [5.74, 6) is -1.66. The summed E-state index contributed by atoms with van der Waals surface area (Å²) in [5.41, 5.74) is -1.04. The van der Waals surface area contributed by atoms with E-state index < -0.39 is 17.2 Å². The number of aliphatic hydroxyl groups is 1. The van der Waals surface area contributed by atoms with Gasteiger partial charge in [0, 0.05) is 59.1 Å². The molecule has 0 fully saturated rings. The van der Waals surface area contributed by atoms with Gasteiger partial charge in [0.05, 0.1) is 5.70 Å². The molecule has 1 aliphatic heterocycles. The summed E-state index contributed by atoms with van der Waals surface area (Å²) in [6.45, 7) is 0. The van der Waals surface area contributed by atoms with Crippen molar-refractivity contribution < 1.29 is 9.90 Å². The van der Waals surface area contributed by atoms with Crippen LogP contribution in [0, 0.1) is 34.0 Å². The molecule has 0 aromatic heterocycles. The number of rotatable bonds is 0. The number of allylic oxidation sites excluding steroid dienone is 2. The Morgan fingerprint density at radius 1 is 1.19 bits per heavy atom. The van der Waals surface area contributed by atoms with Crippen molar-refractivity contribution in [2.45, 2.75) is 0 Å². The minimum absolute atomic E-state index is 0. The van der Waals surface area contributed by atoms with E-state index in [1.165, 1.54) is 18.2 Å². The van der Waals surface area contributed by atoms with E-state index in [9.17, 15) is 4.79 Å². The van der Waals surface area contributed by atoms with Crippen LogP contribution in [-0.2, 0) is 4.79 Å². The van der Waals surface area contributed by atoms with Gasteiger partial charge >= 0.3 is 0 Å². The van der Waals surface area contributed by atoms with Crippen molar-refractivity contribution in [2.75, 3.05) is 0 Å². The molecule has 0 bridgehead atoms. The quantitative estimate of drug-likeness (QED) is 0.409. The van der Waals surface area contributed by atoms with Gasteiger partial charge in [-0.2, -0.15) is 15.8 Å². The fourth-order valence-electron chi connectivity index (χ4n) is 0.900. The number of aliphatic hydroxyl groups excluding tert-OH is 1. The third kappa shape index (κ3) is 3.10. The van der Waals surface area contributed by atoms with E-state index >= 15 is 0 Å². The van der Waals surface area contributed by atoms with Crippen LogP contribution >= 0.6 is 0 Å². The molecule has 0 unspecified atom stereocenters. The van der Waals surface area contributed by atoms with Crippen LogP contribution in [0.5, 0.6) is 0 Å². The second-order valence-electron chi connectivity index (χ2n) is 2.26. The molecule has 0 atom stereocenters. The maximum atomic E-state index is 10.9. The first-order chi connectivity index (χ1) is 6.65. The molecule has 2 radical (unpaired) electrons. The zero-order valence-electron chi connectivity index (χ0n) is 8.70. The van der Waals surface area contributed by atoms with Crippen LogP contribution in [0.2, 0.25) is 0 Å². The summed E-state index contributed by atoms with van der Waals surface area (Å²) in [5, 5.41) is 36.6. The average molecular weight is 232 g/mol.